The summed E-state index contributed by atoms with van der Waals surface area (Å²) in [7, 11) is 0. The van der Waals surface area contributed by atoms with Gasteiger partial charge in [-0.3, -0.25) is 0 Å². The zero-order valence-electron chi connectivity index (χ0n) is 12.7. The van der Waals surface area contributed by atoms with Crippen molar-refractivity contribution >= 4 is 40.3 Å². The van der Waals surface area contributed by atoms with Crippen molar-refractivity contribution in [2.24, 2.45) is 0 Å². The Morgan fingerprint density at radius 1 is 0.684 bits per heavy atom. The van der Waals surface area contributed by atoms with Gasteiger partial charge in [0.05, 0.1) is 0 Å². The second kappa shape index (κ2) is 8.79. The number of fused-ring (bicyclic) bond motifs is 1. The quantitative estimate of drug-likeness (QED) is 0.633. The van der Waals surface area contributed by atoms with E-state index in [2.05, 4.69) is 50.2 Å². The van der Waals surface area contributed by atoms with Crippen LogP contribution in [0.5, 0.6) is 0 Å². The van der Waals surface area contributed by atoms with Gasteiger partial charge < -0.3 is 0 Å². The smallest absolute Gasteiger partial charge is 0 e. The molecule has 0 heterocycles. The second-order valence-electron chi connectivity index (χ2n) is 5.14. The summed E-state index contributed by atoms with van der Waals surface area (Å²) in [5.74, 6) is 0. The molecule has 0 amide bonds. The first-order chi connectivity index (χ1) is 8.86. The van der Waals surface area contributed by atoms with Crippen LogP contribution in [0, 0.1) is 0 Å². The molecule has 0 N–H and O–H groups in total. The molecule has 0 aliphatic carbocycles. The van der Waals surface area contributed by atoms with E-state index in [1.54, 1.807) is 0 Å². The van der Waals surface area contributed by atoms with Crippen LogP contribution in [-0.4, -0.2) is 29.6 Å². The topological polar surface area (TPSA) is 0 Å². The first kappa shape index (κ1) is 16.8. The van der Waals surface area contributed by atoms with Crippen LogP contribution >= 0.6 is 0 Å². The van der Waals surface area contributed by atoms with E-state index in [0.717, 1.165) is 0 Å². The predicted molar refractivity (Wildman–Crippen MR) is 86.9 cm³/mol. The van der Waals surface area contributed by atoms with Crippen LogP contribution in [-0.2, 0) is 12.8 Å². The van der Waals surface area contributed by atoms with E-state index in [9.17, 15) is 0 Å². The number of hydrogen-bond acceptors (Lipinski definition) is 0. The fourth-order valence-electron chi connectivity index (χ4n) is 2.61. The van der Waals surface area contributed by atoms with Crippen molar-refractivity contribution in [3.63, 3.8) is 0 Å². The number of rotatable bonds is 6. The minimum Gasteiger partial charge on any atom is -0.0654 e. The average molecular weight is 263 g/mol. The molecule has 0 aromatic heterocycles. The van der Waals surface area contributed by atoms with Gasteiger partial charge in [-0.1, -0.05) is 63.1 Å². The first-order valence-electron chi connectivity index (χ1n) is 7.36. The van der Waals surface area contributed by atoms with Crippen molar-refractivity contribution in [3.05, 3.63) is 47.5 Å². The van der Waals surface area contributed by atoms with Crippen LogP contribution in [0.4, 0.5) is 0 Å². The molecule has 1 radical (unpaired) electrons. The molecule has 1 heteroatoms. The Kier molecular flexibility index (Phi) is 7.75. The summed E-state index contributed by atoms with van der Waals surface area (Å²) in [6.45, 7) is 4.52. The third-order valence-electron chi connectivity index (χ3n) is 3.70. The molecule has 0 fully saturated rings. The molecule has 2 rings (SSSR count). The summed E-state index contributed by atoms with van der Waals surface area (Å²) >= 11 is 0. The van der Waals surface area contributed by atoms with E-state index < -0.39 is 0 Å². The zero-order valence-corrected chi connectivity index (χ0v) is 14.7. The number of benzene rings is 2. The molecule has 0 atom stereocenters. The van der Waals surface area contributed by atoms with Crippen molar-refractivity contribution < 1.29 is 0 Å². The van der Waals surface area contributed by atoms with Crippen LogP contribution in [0.3, 0.4) is 0 Å². The van der Waals surface area contributed by atoms with Crippen molar-refractivity contribution in [3.8, 4) is 0 Å². The van der Waals surface area contributed by atoms with Crippen molar-refractivity contribution in [1.29, 1.82) is 0 Å². The Bertz CT molecular complexity index is 455. The van der Waals surface area contributed by atoms with Gasteiger partial charge in [0.15, 0.2) is 0 Å². The van der Waals surface area contributed by atoms with Gasteiger partial charge in [-0.05, 0) is 47.6 Å². The fraction of sp³-hybridized carbons (Fsp3) is 0.444. The summed E-state index contributed by atoms with van der Waals surface area (Å²) in [6.07, 6.45) is 7.55. The maximum Gasteiger partial charge on any atom is 0 e. The van der Waals surface area contributed by atoms with Gasteiger partial charge in [-0.25, -0.2) is 0 Å². The van der Waals surface area contributed by atoms with Gasteiger partial charge in [0.2, 0.25) is 0 Å². The molecule has 0 saturated heterocycles. The molecule has 0 saturated carbocycles. The second-order valence-corrected chi connectivity index (χ2v) is 5.14. The zero-order chi connectivity index (χ0) is 12.8. The maximum atomic E-state index is 2.29. The fourth-order valence-corrected chi connectivity index (χ4v) is 2.61. The minimum atomic E-state index is 0. The standard InChI is InChI=1S/C18H24.Na/c1-3-5-9-15-11-7-14-18-16(10-6-4-2)12-8-13-17(15)18;/h7-8,11-14H,3-6,9-10H2,1-2H3;. The molecule has 2 aromatic rings. The third-order valence-corrected chi connectivity index (χ3v) is 3.70. The summed E-state index contributed by atoms with van der Waals surface area (Å²) < 4.78 is 0. The van der Waals surface area contributed by atoms with Crippen LogP contribution in [0.25, 0.3) is 10.8 Å². The van der Waals surface area contributed by atoms with Gasteiger partial charge in [0.1, 0.15) is 0 Å². The Labute approximate surface area is 139 Å². The molecule has 0 nitrogen and oxygen atoms in total. The summed E-state index contributed by atoms with van der Waals surface area (Å²) in [6, 6.07) is 13.6. The maximum absolute atomic E-state index is 2.29. The molecular formula is C18H24Na. The largest absolute Gasteiger partial charge is 0.0654 e. The summed E-state index contributed by atoms with van der Waals surface area (Å²) in [5, 5.41) is 2.94. The van der Waals surface area contributed by atoms with Gasteiger partial charge in [0, 0.05) is 29.6 Å². The number of hydrogen-bond donors (Lipinski definition) is 0. The van der Waals surface area contributed by atoms with Gasteiger partial charge in [-0.15, -0.1) is 0 Å². The number of unbranched alkanes of at least 4 members (excludes halogenated alkanes) is 2. The first-order valence-corrected chi connectivity index (χ1v) is 7.36. The monoisotopic (exact) mass is 263 g/mol. The van der Waals surface area contributed by atoms with Gasteiger partial charge >= 0.3 is 0 Å². The summed E-state index contributed by atoms with van der Waals surface area (Å²) in [4.78, 5) is 0. The average Bonchev–Trinajstić information content (AvgIpc) is 2.42. The molecule has 97 valence electrons. The molecule has 0 unspecified atom stereocenters. The molecule has 0 aliphatic rings. The minimum absolute atomic E-state index is 0. The van der Waals surface area contributed by atoms with E-state index in [4.69, 9.17) is 0 Å². The molecular weight excluding hydrogens is 239 g/mol. The molecule has 0 spiro atoms. The van der Waals surface area contributed by atoms with E-state index in [1.807, 2.05) is 0 Å². The normalized spacial score (nSPS) is 10.4. The van der Waals surface area contributed by atoms with Crippen LogP contribution < -0.4 is 0 Å². The van der Waals surface area contributed by atoms with Crippen LogP contribution in [0.15, 0.2) is 36.4 Å². The van der Waals surface area contributed by atoms with Gasteiger partial charge in [0.25, 0.3) is 0 Å². The van der Waals surface area contributed by atoms with E-state index in [-0.39, 0.29) is 29.6 Å². The van der Waals surface area contributed by atoms with E-state index in [0.29, 0.717) is 0 Å². The van der Waals surface area contributed by atoms with Crippen molar-refractivity contribution in [2.75, 3.05) is 0 Å². The van der Waals surface area contributed by atoms with Crippen molar-refractivity contribution in [1.82, 2.24) is 0 Å². The van der Waals surface area contributed by atoms with E-state index >= 15 is 0 Å². The molecule has 0 bridgehead atoms. The molecule has 19 heavy (non-hydrogen) atoms. The molecule has 2 aromatic carbocycles. The molecule has 0 aliphatic heterocycles. The Balaban J connectivity index is 0.00000180. The van der Waals surface area contributed by atoms with Gasteiger partial charge in [-0.2, -0.15) is 0 Å². The van der Waals surface area contributed by atoms with Crippen molar-refractivity contribution in [2.45, 2.75) is 52.4 Å². The summed E-state index contributed by atoms with van der Waals surface area (Å²) in [5.41, 5.74) is 3.04. The Morgan fingerprint density at radius 3 is 1.47 bits per heavy atom. The Morgan fingerprint density at radius 2 is 1.11 bits per heavy atom. The SMILES string of the molecule is CCCCc1cccc2c(CCCC)cccc12.[Na]. The van der Waals surface area contributed by atoms with Crippen LogP contribution in [0.2, 0.25) is 0 Å². The van der Waals surface area contributed by atoms with Crippen LogP contribution in [0.1, 0.15) is 50.7 Å². The third kappa shape index (κ3) is 4.34. The Hall–Kier alpha value is -0.300. The predicted octanol–water partition coefficient (Wildman–Crippen LogP) is 5.14. The number of aryl methyl sites for hydroxylation is 2. The van der Waals surface area contributed by atoms with E-state index in [1.165, 1.54) is 60.4 Å².